The van der Waals surface area contributed by atoms with E-state index in [0.717, 1.165) is 15.6 Å². The molecule has 0 fully saturated rings. The molecule has 19 heavy (non-hydrogen) atoms. The number of hydrogen-bond acceptors (Lipinski definition) is 5. The second-order valence-corrected chi connectivity index (χ2v) is 6.24. The first-order chi connectivity index (χ1) is 9.11. The average Bonchev–Trinajstić information content (AvgIpc) is 2.97. The van der Waals surface area contributed by atoms with E-state index in [1.807, 2.05) is 31.4 Å². The maximum Gasteiger partial charge on any atom is 0.263 e. The summed E-state index contributed by atoms with van der Waals surface area (Å²) in [6, 6.07) is 3.93. The second-order valence-electron chi connectivity index (χ2n) is 4.30. The van der Waals surface area contributed by atoms with Gasteiger partial charge in [0, 0.05) is 12.6 Å². The Labute approximate surface area is 120 Å². The summed E-state index contributed by atoms with van der Waals surface area (Å²) in [5.74, 6) is -0.112. The number of thiazole rings is 1. The highest BCUT2D eigenvalue weighted by Crippen LogP contribution is 2.30. The van der Waals surface area contributed by atoms with Crippen LogP contribution in [-0.4, -0.2) is 28.6 Å². The largest absolute Gasteiger partial charge is 0.396 e. The number of amides is 1. The lowest BCUT2D eigenvalue weighted by atomic mass is 10.2. The lowest BCUT2D eigenvalue weighted by Crippen LogP contribution is -2.33. The first kappa shape index (κ1) is 14.2. The Morgan fingerprint density at radius 1 is 1.58 bits per heavy atom. The zero-order chi connectivity index (χ0) is 13.8. The molecule has 0 unspecified atom stereocenters. The molecule has 0 aliphatic heterocycles. The molecule has 0 radical (unpaired) electrons. The minimum Gasteiger partial charge on any atom is -0.396 e. The lowest BCUT2D eigenvalue weighted by Gasteiger charge is -2.11. The molecule has 0 bridgehead atoms. The van der Waals surface area contributed by atoms with Crippen LogP contribution < -0.4 is 5.32 Å². The summed E-state index contributed by atoms with van der Waals surface area (Å²) < 4.78 is 0. The summed E-state index contributed by atoms with van der Waals surface area (Å²) in [6.07, 6.45) is 0.557. The van der Waals surface area contributed by atoms with Crippen molar-refractivity contribution in [1.29, 1.82) is 0 Å². The molecule has 102 valence electrons. The maximum absolute atomic E-state index is 12.1. The van der Waals surface area contributed by atoms with Gasteiger partial charge in [-0.15, -0.1) is 22.7 Å². The second kappa shape index (κ2) is 6.27. The van der Waals surface area contributed by atoms with Gasteiger partial charge in [-0.1, -0.05) is 6.07 Å². The SMILES string of the molecule is Cc1nc(-c2cccs2)sc1C(=O)N[C@H](C)CCO. The summed E-state index contributed by atoms with van der Waals surface area (Å²) in [6.45, 7) is 3.80. The Bertz CT molecular complexity index is 549. The van der Waals surface area contributed by atoms with Crippen LogP contribution in [0.3, 0.4) is 0 Å². The summed E-state index contributed by atoms with van der Waals surface area (Å²) in [5, 5.41) is 14.6. The van der Waals surface area contributed by atoms with Crippen molar-refractivity contribution in [1.82, 2.24) is 10.3 Å². The van der Waals surface area contributed by atoms with Crippen molar-refractivity contribution < 1.29 is 9.90 Å². The molecule has 2 rings (SSSR count). The molecule has 0 spiro atoms. The molecule has 1 atom stereocenters. The van der Waals surface area contributed by atoms with E-state index in [-0.39, 0.29) is 18.6 Å². The number of carbonyl (C=O) groups is 1. The van der Waals surface area contributed by atoms with Crippen molar-refractivity contribution in [2.24, 2.45) is 0 Å². The van der Waals surface area contributed by atoms with Gasteiger partial charge in [0.1, 0.15) is 9.88 Å². The zero-order valence-electron chi connectivity index (χ0n) is 10.8. The smallest absolute Gasteiger partial charge is 0.263 e. The van der Waals surface area contributed by atoms with E-state index in [2.05, 4.69) is 10.3 Å². The fourth-order valence-electron chi connectivity index (χ4n) is 1.67. The molecule has 4 nitrogen and oxygen atoms in total. The normalized spacial score (nSPS) is 12.4. The summed E-state index contributed by atoms with van der Waals surface area (Å²) in [4.78, 5) is 18.3. The number of rotatable bonds is 5. The van der Waals surface area contributed by atoms with Gasteiger partial charge >= 0.3 is 0 Å². The molecule has 0 aliphatic rings. The number of aromatic nitrogens is 1. The van der Waals surface area contributed by atoms with Gasteiger partial charge in [-0.25, -0.2) is 4.98 Å². The molecule has 0 aliphatic carbocycles. The number of aliphatic hydroxyl groups is 1. The van der Waals surface area contributed by atoms with Crippen molar-refractivity contribution in [3.63, 3.8) is 0 Å². The molecular weight excluding hydrogens is 280 g/mol. The van der Waals surface area contributed by atoms with Gasteiger partial charge < -0.3 is 10.4 Å². The van der Waals surface area contributed by atoms with Gasteiger partial charge in [-0.3, -0.25) is 4.79 Å². The molecule has 2 N–H and O–H groups in total. The third-order valence-corrected chi connectivity index (χ3v) is 4.87. The number of aryl methyl sites for hydroxylation is 1. The molecule has 0 aromatic carbocycles. The number of carbonyl (C=O) groups excluding carboxylic acids is 1. The highest BCUT2D eigenvalue weighted by Gasteiger charge is 2.17. The number of nitrogens with zero attached hydrogens (tertiary/aromatic N) is 1. The quantitative estimate of drug-likeness (QED) is 0.891. The molecule has 2 heterocycles. The molecule has 0 saturated carbocycles. The van der Waals surface area contributed by atoms with Crippen LogP contribution in [-0.2, 0) is 0 Å². The minimum absolute atomic E-state index is 0.0378. The van der Waals surface area contributed by atoms with E-state index in [4.69, 9.17) is 5.11 Å². The van der Waals surface area contributed by atoms with Crippen LogP contribution >= 0.6 is 22.7 Å². The number of nitrogens with one attached hydrogen (secondary N) is 1. The number of thiophene rings is 1. The predicted octanol–water partition coefficient (Wildman–Crippen LogP) is 2.68. The highest BCUT2D eigenvalue weighted by atomic mass is 32.1. The van der Waals surface area contributed by atoms with Crippen molar-refractivity contribution in [3.05, 3.63) is 28.1 Å². The zero-order valence-corrected chi connectivity index (χ0v) is 12.5. The third kappa shape index (κ3) is 3.40. The van der Waals surface area contributed by atoms with Crippen LogP contribution in [0.1, 0.15) is 28.7 Å². The highest BCUT2D eigenvalue weighted by molar-refractivity contribution is 7.22. The summed E-state index contributed by atoms with van der Waals surface area (Å²) in [7, 11) is 0. The van der Waals surface area contributed by atoms with Gasteiger partial charge in [0.25, 0.3) is 5.91 Å². The maximum atomic E-state index is 12.1. The van der Waals surface area contributed by atoms with Crippen LogP contribution in [0.5, 0.6) is 0 Å². The van der Waals surface area contributed by atoms with E-state index in [1.54, 1.807) is 11.3 Å². The average molecular weight is 296 g/mol. The monoisotopic (exact) mass is 296 g/mol. The standard InChI is InChI=1S/C13H16N2O2S2/c1-8(5-6-16)14-12(17)11-9(2)15-13(19-11)10-4-3-7-18-10/h3-4,7-8,16H,5-6H2,1-2H3,(H,14,17)/t8-/m1/s1. The predicted molar refractivity (Wildman–Crippen MR) is 78.8 cm³/mol. The van der Waals surface area contributed by atoms with Gasteiger partial charge in [0.05, 0.1) is 10.6 Å². The van der Waals surface area contributed by atoms with E-state index in [9.17, 15) is 4.79 Å². The van der Waals surface area contributed by atoms with Gasteiger partial charge in [-0.2, -0.15) is 0 Å². The van der Waals surface area contributed by atoms with Crippen LogP contribution in [0.4, 0.5) is 0 Å². The lowest BCUT2D eigenvalue weighted by molar-refractivity contribution is 0.0937. The summed E-state index contributed by atoms with van der Waals surface area (Å²) in [5.41, 5.74) is 0.752. The van der Waals surface area contributed by atoms with Crippen LogP contribution in [0.2, 0.25) is 0 Å². The van der Waals surface area contributed by atoms with Crippen LogP contribution in [0, 0.1) is 6.92 Å². The molecule has 2 aromatic heterocycles. The number of aliphatic hydroxyl groups excluding tert-OH is 1. The number of hydrogen-bond donors (Lipinski definition) is 2. The van der Waals surface area contributed by atoms with Crippen molar-refractivity contribution in [2.45, 2.75) is 26.3 Å². The van der Waals surface area contributed by atoms with Gasteiger partial charge in [0.15, 0.2) is 0 Å². The van der Waals surface area contributed by atoms with Crippen molar-refractivity contribution >= 4 is 28.6 Å². The minimum atomic E-state index is -0.112. The third-order valence-electron chi connectivity index (χ3n) is 2.67. The molecular formula is C13H16N2O2S2. The Hall–Kier alpha value is -1.24. The fraction of sp³-hybridized carbons (Fsp3) is 0.385. The fourth-order valence-corrected chi connectivity index (χ4v) is 3.43. The first-order valence-corrected chi connectivity index (χ1v) is 7.74. The Morgan fingerprint density at radius 3 is 3.00 bits per heavy atom. The van der Waals surface area contributed by atoms with Gasteiger partial charge in [-0.05, 0) is 31.7 Å². The molecule has 2 aromatic rings. The molecule has 1 amide bonds. The molecule has 0 saturated heterocycles. The van der Waals surface area contributed by atoms with E-state index < -0.39 is 0 Å². The topological polar surface area (TPSA) is 62.2 Å². The molecule has 6 heteroatoms. The summed E-state index contributed by atoms with van der Waals surface area (Å²) >= 11 is 3.03. The first-order valence-electron chi connectivity index (χ1n) is 6.05. The van der Waals surface area contributed by atoms with Crippen molar-refractivity contribution in [2.75, 3.05) is 6.61 Å². The van der Waals surface area contributed by atoms with E-state index in [1.165, 1.54) is 11.3 Å². The Morgan fingerprint density at radius 2 is 2.37 bits per heavy atom. The van der Waals surface area contributed by atoms with Crippen LogP contribution in [0.15, 0.2) is 17.5 Å². The Kier molecular flexibility index (Phi) is 4.68. The van der Waals surface area contributed by atoms with E-state index in [0.29, 0.717) is 11.3 Å². The van der Waals surface area contributed by atoms with Gasteiger partial charge in [0.2, 0.25) is 0 Å². The Balaban J connectivity index is 2.14. The van der Waals surface area contributed by atoms with E-state index >= 15 is 0 Å². The van der Waals surface area contributed by atoms with Crippen molar-refractivity contribution in [3.8, 4) is 9.88 Å². The van der Waals surface area contributed by atoms with Crippen LogP contribution in [0.25, 0.3) is 9.88 Å².